The molecule has 4 heterocycles. The van der Waals surface area contributed by atoms with Gasteiger partial charge in [0.15, 0.2) is 0 Å². The van der Waals surface area contributed by atoms with Gasteiger partial charge < -0.3 is 9.67 Å². The maximum absolute atomic E-state index is 14.4. The molecule has 1 N–H and O–H groups in total. The third-order valence-corrected chi connectivity index (χ3v) is 10.9. The van der Waals surface area contributed by atoms with E-state index in [1.54, 1.807) is 6.07 Å². The normalized spacial score (nSPS) is 30.2. The van der Waals surface area contributed by atoms with Crippen molar-refractivity contribution in [1.29, 1.82) is 0 Å². The van der Waals surface area contributed by atoms with E-state index >= 15 is 0 Å². The van der Waals surface area contributed by atoms with Crippen molar-refractivity contribution >= 4 is 17.0 Å². The summed E-state index contributed by atoms with van der Waals surface area (Å²) in [6.45, 7) is 4.57. The first kappa shape index (κ1) is 27.1. The van der Waals surface area contributed by atoms with Crippen LogP contribution in [0.25, 0.3) is 11.0 Å². The molecule has 6 nitrogen and oxygen atoms in total. The molecule has 1 saturated carbocycles. The molecule has 2 bridgehead atoms. The first-order chi connectivity index (χ1) is 20.0. The maximum Gasteiger partial charge on any atom is 0.321 e. The Morgan fingerprint density at radius 3 is 2.46 bits per heavy atom. The summed E-state index contributed by atoms with van der Waals surface area (Å²) in [4.78, 5) is 22.5. The summed E-state index contributed by atoms with van der Waals surface area (Å²) in [5.74, 6) is 0.869. The van der Waals surface area contributed by atoms with Crippen LogP contribution in [0.3, 0.4) is 0 Å². The average Bonchev–Trinajstić information content (AvgIpc) is 3.59. The molecule has 0 radical (unpaired) electrons. The molecule has 3 aliphatic heterocycles. The fourth-order valence-corrected chi connectivity index (χ4v) is 9.19. The van der Waals surface area contributed by atoms with Crippen molar-refractivity contribution in [2.24, 2.45) is 11.8 Å². The molecule has 2 aromatic carbocycles. The van der Waals surface area contributed by atoms with Gasteiger partial charge in [-0.3, -0.25) is 14.6 Å². The van der Waals surface area contributed by atoms with Gasteiger partial charge in [-0.25, -0.2) is 9.37 Å². The van der Waals surface area contributed by atoms with Crippen LogP contribution in [0.5, 0.6) is 0 Å². The first-order valence-electron chi connectivity index (χ1n) is 15.9. The molecular weight excluding hydrogens is 515 g/mol. The highest BCUT2D eigenvalue weighted by molar-refractivity contribution is 5.76. The highest BCUT2D eigenvalue weighted by atomic mass is 19.1. The summed E-state index contributed by atoms with van der Waals surface area (Å²) < 4.78 is 16.9. The molecule has 0 amide bonds. The van der Waals surface area contributed by atoms with Crippen LogP contribution in [0.4, 0.5) is 4.39 Å². The number of halogens is 1. The molecule has 1 aromatic heterocycles. The van der Waals surface area contributed by atoms with Crippen molar-refractivity contribution in [2.45, 2.75) is 94.8 Å². The number of para-hydroxylation sites is 2. The van der Waals surface area contributed by atoms with Crippen LogP contribution in [-0.2, 0) is 4.79 Å². The smallest absolute Gasteiger partial charge is 0.321 e. The number of aryl methyl sites for hydroxylation is 1. The van der Waals surface area contributed by atoms with E-state index < -0.39 is 12.0 Å². The van der Waals surface area contributed by atoms with E-state index in [4.69, 9.17) is 4.98 Å². The lowest BCUT2D eigenvalue weighted by atomic mass is 9.83. The molecule has 3 aromatic rings. The van der Waals surface area contributed by atoms with E-state index in [2.05, 4.69) is 51.6 Å². The summed E-state index contributed by atoms with van der Waals surface area (Å²) in [6, 6.07) is 16.6. The van der Waals surface area contributed by atoms with Gasteiger partial charge in [-0.1, -0.05) is 43.5 Å². The Kier molecular flexibility index (Phi) is 7.36. The number of likely N-dealkylation sites (tertiary alicyclic amines) is 1. The number of carbonyl (C=O) groups is 1. The number of rotatable bonds is 7. The lowest BCUT2D eigenvalue weighted by Crippen LogP contribution is -2.48. The lowest BCUT2D eigenvalue weighted by molar-refractivity contribution is -0.145. The van der Waals surface area contributed by atoms with Crippen LogP contribution >= 0.6 is 0 Å². The fraction of sp³-hybridized carbons (Fsp3) is 0.588. The second-order valence-electron chi connectivity index (χ2n) is 13.3. The number of aromatic nitrogens is 2. The van der Waals surface area contributed by atoms with E-state index in [1.165, 1.54) is 30.8 Å². The van der Waals surface area contributed by atoms with Crippen LogP contribution in [0, 0.1) is 24.6 Å². The minimum Gasteiger partial charge on any atom is -0.480 e. The molecule has 4 fully saturated rings. The van der Waals surface area contributed by atoms with Gasteiger partial charge in [-0.2, -0.15) is 0 Å². The standard InChI is InChI=1S/C34H43FN4O2/c1-22-36-31-12-5-6-13-32(31)39(22)29-17-27-14-15-28(18-29)38(27)20-25-19-37(21-30(25)24-10-7-11-26(35)16-24)33(34(40)41)23-8-3-2-4-9-23/h5-7,10-13,16,23,25,27-30,33H,2-4,8-9,14-15,17-21H2,1H3,(H,40,41)/t25-,27?,28?,29?,30-,33-/m1/s1. The zero-order valence-electron chi connectivity index (χ0n) is 24.2. The highest BCUT2D eigenvalue weighted by Crippen LogP contribution is 2.45. The van der Waals surface area contributed by atoms with Crippen molar-refractivity contribution in [3.63, 3.8) is 0 Å². The van der Waals surface area contributed by atoms with Crippen LogP contribution in [0.1, 0.15) is 81.1 Å². The molecule has 218 valence electrons. The molecule has 2 unspecified atom stereocenters. The second-order valence-corrected chi connectivity index (χ2v) is 13.3. The topological polar surface area (TPSA) is 61.6 Å². The van der Waals surface area contributed by atoms with E-state index in [0.29, 0.717) is 24.7 Å². The molecule has 0 spiro atoms. The molecule has 3 saturated heterocycles. The van der Waals surface area contributed by atoms with Gasteiger partial charge in [0.2, 0.25) is 0 Å². The Morgan fingerprint density at radius 1 is 0.976 bits per heavy atom. The van der Waals surface area contributed by atoms with Crippen LogP contribution in [0.2, 0.25) is 0 Å². The molecule has 7 rings (SSSR count). The molecular formula is C34H43FN4O2. The number of hydrogen-bond donors (Lipinski definition) is 1. The maximum atomic E-state index is 14.4. The third kappa shape index (κ3) is 5.10. The van der Waals surface area contributed by atoms with Crippen molar-refractivity contribution < 1.29 is 14.3 Å². The Morgan fingerprint density at radius 2 is 1.73 bits per heavy atom. The Bertz CT molecular complexity index is 1390. The van der Waals surface area contributed by atoms with Gasteiger partial charge in [-0.15, -0.1) is 0 Å². The summed E-state index contributed by atoms with van der Waals surface area (Å²) >= 11 is 0. The summed E-state index contributed by atoms with van der Waals surface area (Å²) in [5, 5.41) is 10.4. The highest BCUT2D eigenvalue weighted by Gasteiger charge is 2.47. The van der Waals surface area contributed by atoms with Crippen molar-refractivity contribution in [3.05, 3.63) is 65.7 Å². The molecule has 1 aliphatic carbocycles. The van der Waals surface area contributed by atoms with Gasteiger partial charge in [-0.05, 0) is 87.1 Å². The lowest BCUT2D eigenvalue weighted by Gasteiger charge is -2.42. The number of aliphatic carboxylic acids is 1. The molecule has 7 heteroatoms. The fourth-order valence-electron chi connectivity index (χ4n) is 9.19. The molecule has 5 atom stereocenters. The first-order valence-corrected chi connectivity index (χ1v) is 15.9. The quantitative estimate of drug-likeness (QED) is 0.364. The second kappa shape index (κ2) is 11.1. The largest absolute Gasteiger partial charge is 0.480 e. The van der Waals surface area contributed by atoms with Gasteiger partial charge in [0.1, 0.15) is 17.7 Å². The zero-order valence-corrected chi connectivity index (χ0v) is 24.2. The number of hydrogen-bond acceptors (Lipinski definition) is 4. The SMILES string of the molecule is Cc1nc2ccccc2n1C1CC2CCC(C1)N2C[C@H]1CN([C@@H](C(=O)O)C2CCCCC2)C[C@@H]1c1cccc(F)c1. The zero-order chi connectivity index (χ0) is 28.1. The van der Waals surface area contributed by atoms with E-state index in [1.807, 2.05) is 6.07 Å². The van der Waals surface area contributed by atoms with Crippen LogP contribution < -0.4 is 0 Å². The predicted molar refractivity (Wildman–Crippen MR) is 158 cm³/mol. The number of carboxylic acid groups (broad SMARTS) is 1. The van der Waals surface area contributed by atoms with E-state index in [-0.39, 0.29) is 23.6 Å². The van der Waals surface area contributed by atoms with Crippen LogP contribution in [-0.4, -0.2) is 68.2 Å². The number of benzene rings is 2. The predicted octanol–water partition coefficient (Wildman–Crippen LogP) is 6.40. The van der Waals surface area contributed by atoms with Crippen LogP contribution in [0.15, 0.2) is 48.5 Å². The Labute approximate surface area is 242 Å². The summed E-state index contributed by atoms with van der Waals surface area (Å²) in [6.07, 6.45) is 10.2. The third-order valence-electron chi connectivity index (χ3n) is 10.9. The minimum atomic E-state index is -0.681. The summed E-state index contributed by atoms with van der Waals surface area (Å²) in [7, 11) is 0. The van der Waals surface area contributed by atoms with E-state index in [0.717, 1.165) is 68.5 Å². The van der Waals surface area contributed by atoms with Crippen molar-refractivity contribution in [3.8, 4) is 0 Å². The Balaban J connectivity index is 1.13. The summed E-state index contributed by atoms with van der Waals surface area (Å²) in [5.41, 5.74) is 3.34. The molecule has 41 heavy (non-hydrogen) atoms. The van der Waals surface area contributed by atoms with Crippen molar-refractivity contribution in [2.75, 3.05) is 19.6 Å². The minimum absolute atomic E-state index is 0.146. The molecule has 4 aliphatic rings. The number of carboxylic acids is 1. The number of piperidine rings is 1. The van der Waals surface area contributed by atoms with Gasteiger partial charge in [0.05, 0.1) is 11.0 Å². The monoisotopic (exact) mass is 558 g/mol. The van der Waals surface area contributed by atoms with Gasteiger partial charge >= 0.3 is 5.97 Å². The number of nitrogens with zero attached hydrogens (tertiary/aromatic N) is 4. The number of imidazole rings is 1. The van der Waals surface area contributed by atoms with Crippen molar-refractivity contribution in [1.82, 2.24) is 19.4 Å². The Hall–Kier alpha value is -2.77. The van der Waals surface area contributed by atoms with Gasteiger partial charge in [0.25, 0.3) is 0 Å². The average molecular weight is 559 g/mol. The van der Waals surface area contributed by atoms with Gasteiger partial charge in [0, 0.05) is 43.7 Å². The van der Waals surface area contributed by atoms with E-state index in [9.17, 15) is 14.3 Å². The number of fused-ring (bicyclic) bond motifs is 3.